The van der Waals surface area contributed by atoms with Crippen molar-refractivity contribution in [2.45, 2.75) is 32.0 Å². The SMILES string of the molecule is CC(C)c1cc(CC2(N)N=C(N)C=C(N3CCN(C)CC3)N2)on1. The fourth-order valence-electron chi connectivity index (χ4n) is 2.94. The summed E-state index contributed by atoms with van der Waals surface area (Å²) in [6, 6.07) is 1.93. The van der Waals surface area contributed by atoms with Crippen molar-refractivity contribution in [1.29, 1.82) is 0 Å². The third-order valence-electron chi connectivity index (χ3n) is 4.41. The first kappa shape index (κ1) is 16.8. The number of nitrogens with two attached hydrogens (primary N) is 2. The highest BCUT2D eigenvalue weighted by Crippen LogP contribution is 2.21. The monoisotopic (exact) mass is 333 g/mol. The Balaban J connectivity index is 1.72. The van der Waals surface area contributed by atoms with E-state index in [2.05, 4.69) is 46.2 Å². The second-order valence-corrected chi connectivity index (χ2v) is 6.96. The van der Waals surface area contributed by atoms with Crippen LogP contribution >= 0.6 is 0 Å². The molecular formula is C16H27N7O. The predicted octanol–water partition coefficient (Wildman–Crippen LogP) is 0.00220. The number of aliphatic imine (C=N–C) groups is 1. The summed E-state index contributed by atoms with van der Waals surface area (Å²) in [6.07, 6.45) is 2.23. The molecule has 1 aromatic rings. The lowest BCUT2D eigenvalue weighted by Crippen LogP contribution is -2.60. The van der Waals surface area contributed by atoms with E-state index in [1.165, 1.54) is 0 Å². The van der Waals surface area contributed by atoms with E-state index in [0.29, 0.717) is 23.9 Å². The average Bonchev–Trinajstić information content (AvgIpc) is 2.95. The number of rotatable bonds is 4. The lowest BCUT2D eigenvalue weighted by molar-refractivity contribution is 0.164. The standard InChI is InChI=1S/C16H27N7O/c1-11(2)13-8-12(24-21-13)10-16(18)19-14(17)9-15(20-16)23-6-4-22(3)5-7-23/h8-9,11,20H,4-7,10,18H2,1-3H3,(H2,17,19). The van der Waals surface area contributed by atoms with Crippen LogP contribution in [0, 0.1) is 0 Å². The van der Waals surface area contributed by atoms with Gasteiger partial charge in [0.1, 0.15) is 17.4 Å². The molecule has 8 heteroatoms. The van der Waals surface area contributed by atoms with Crippen LogP contribution in [-0.2, 0) is 6.42 Å². The Kier molecular flexibility index (Phi) is 4.51. The Labute approximate surface area is 142 Å². The molecule has 2 aliphatic heterocycles. The second kappa shape index (κ2) is 6.45. The van der Waals surface area contributed by atoms with Crippen LogP contribution in [0.1, 0.15) is 31.2 Å². The lowest BCUT2D eigenvalue weighted by atomic mass is 10.1. The van der Waals surface area contributed by atoms with Crippen molar-refractivity contribution >= 4 is 5.84 Å². The maximum atomic E-state index is 6.45. The third kappa shape index (κ3) is 3.70. The van der Waals surface area contributed by atoms with Gasteiger partial charge in [-0.1, -0.05) is 19.0 Å². The van der Waals surface area contributed by atoms with Crippen molar-refractivity contribution < 1.29 is 4.52 Å². The smallest absolute Gasteiger partial charge is 0.192 e. The molecule has 1 atom stereocenters. The van der Waals surface area contributed by atoms with Gasteiger partial charge >= 0.3 is 0 Å². The van der Waals surface area contributed by atoms with Gasteiger partial charge in [-0.15, -0.1) is 0 Å². The molecule has 1 saturated heterocycles. The average molecular weight is 333 g/mol. The summed E-state index contributed by atoms with van der Waals surface area (Å²) in [5, 5.41) is 7.40. The zero-order valence-corrected chi connectivity index (χ0v) is 14.6. The summed E-state index contributed by atoms with van der Waals surface area (Å²) in [4.78, 5) is 8.94. The Hall–Kier alpha value is -2.06. The van der Waals surface area contributed by atoms with E-state index in [4.69, 9.17) is 16.0 Å². The first-order chi connectivity index (χ1) is 11.3. The number of hydrogen-bond donors (Lipinski definition) is 3. The van der Waals surface area contributed by atoms with Crippen LogP contribution in [0.4, 0.5) is 0 Å². The quantitative estimate of drug-likeness (QED) is 0.711. The van der Waals surface area contributed by atoms with Gasteiger partial charge in [-0.2, -0.15) is 0 Å². The third-order valence-corrected chi connectivity index (χ3v) is 4.41. The molecule has 0 spiro atoms. The zero-order valence-electron chi connectivity index (χ0n) is 14.6. The number of nitrogens with zero attached hydrogens (tertiary/aromatic N) is 4. The van der Waals surface area contributed by atoms with Crippen LogP contribution in [-0.4, -0.2) is 59.8 Å². The number of piperazine rings is 1. The molecule has 0 bridgehead atoms. The molecule has 0 aliphatic carbocycles. The van der Waals surface area contributed by atoms with Crippen molar-refractivity contribution in [3.05, 3.63) is 29.4 Å². The summed E-state index contributed by atoms with van der Waals surface area (Å²) in [5.74, 6) is 1.33. The molecule has 132 valence electrons. The molecule has 1 unspecified atom stereocenters. The van der Waals surface area contributed by atoms with Gasteiger partial charge in [0.2, 0.25) is 0 Å². The molecule has 2 aliphatic rings. The van der Waals surface area contributed by atoms with Gasteiger partial charge in [0, 0.05) is 38.3 Å². The lowest BCUT2D eigenvalue weighted by Gasteiger charge is -2.40. The van der Waals surface area contributed by atoms with Gasteiger partial charge in [-0.3, -0.25) is 5.73 Å². The van der Waals surface area contributed by atoms with E-state index in [-0.39, 0.29) is 0 Å². The first-order valence-electron chi connectivity index (χ1n) is 8.38. The molecular weight excluding hydrogens is 306 g/mol. The van der Waals surface area contributed by atoms with Crippen LogP contribution in [0.3, 0.4) is 0 Å². The Morgan fingerprint density at radius 3 is 2.67 bits per heavy atom. The molecule has 0 radical (unpaired) electrons. The highest BCUT2D eigenvalue weighted by atomic mass is 16.5. The molecule has 0 saturated carbocycles. The molecule has 3 heterocycles. The number of hydrogen-bond acceptors (Lipinski definition) is 8. The van der Waals surface area contributed by atoms with Gasteiger partial charge in [-0.05, 0) is 13.0 Å². The first-order valence-corrected chi connectivity index (χ1v) is 8.38. The van der Waals surface area contributed by atoms with Gasteiger partial charge in [0.25, 0.3) is 0 Å². The fraction of sp³-hybridized carbons (Fsp3) is 0.625. The van der Waals surface area contributed by atoms with Gasteiger partial charge < -0.3 is 25.4 Å². The highest BCUT2D eigenvalue weighted by Gasteiger charge is 2.32. The van der Waals surface area contributed by atoms with Crippen LogP contribution in [0.2, 0.25) is 0 Å². The van der Waals surface area contributed by atoms with Crippen molar-refractivity contribution in [3.63, 3.8) is 0 Å². The molecule has 3 rings (SSSR count). The molecule has 0 amide bonds. The Bertz CT molecular complexity index is 643. The predicted molar refractivity (Wildman–Crippen MR) is 93.1 cm³/mol. The Morgan fingerprint density at radius 2 is 2.04 bits per heavy atom. The Morgan fingerprint density at radius 1 is 1.33 bits per heavy atom. The second-order valence-electron chi connectivity index (χ2n) is 6.96. The summed E-state index contributed by atoms with van der Waals surface area (Å²) in [6.45, 7) is 8.02. The van der Waals surface area contributed by atoms with E-state index in [9.17, 15) is 0 Å². The molecule has 8 nitrogen and oxygen atoms in total. The number of amidine groups is 1. The number of nitrogens with one attached hydrogen (secondary N) is 1. The van der Waals surface area contributed by atoms with Gasteiger partial charge in [-0.25, -0.2) is 4.99 Å². The summed E-state index contributed by atoms with van der Waals surface area (Å²) < 4.78 is 5.40. The maximum Gasteiger partial charge on any atom is 0.192 e. The van der Waals surface area contributed by atoms with Gasteiger partial charge in [0.05, 0.1) is 12.1 Å². The molecule has 1 fully saturated rings. The van der Waals surface area contributed by atoms with Crippen molar-refractivity contribution in [1.82, 2.24) is 20.3 Å². The van der Waals surface area contributed by atoms with E-state index in [1.807, 2.05) is 12.1 Å². The normalized spacial score (nSPS) is 25.5. The van der Waals surface area contributed by atoms with Crippen LogP contribution in [0.5, 0.6) is 0 Å². The van der Waals surface area contributed by atoms with E-state index in [1.54, 1.807) is 0 Å². The van der Waals surface area contributed by atoms with Crippen molar-refractivity contribution in [3.8, 4) is 0 Å². The van der Waals surface area contributed by atoms with Crippen molar-refractivity contribution in [2.24, 2.45) is 16.5 Å². The van der Waals surface area contributed by atoms with Crippen LogP contribution < -0.4 is 16.8 Å². The highest BCUT2D eigenvalue weighted by molar-refractivity contribution is 5.92. The summed E-state index contributed by atoms with van der Waals surface area (Å²) in [7, 11) is 2.12. The van der Waals surface area contributed by atoms with Crippen molar-refractivity contribution in [2.75, 3.05) is 33.2 Å². The summed E-state index contributed by atoms with van der Waals surface area (Å²) in [5.41, 5.74) is 13.4. The van der Waals surface area contributed by atoms with Gasteiger partial charge in [0.15, 0.2) is 5.79 Å². The van der Waals surface area contributed by atoms with E-state index < -0.39 is 5.79 Å². The van der Waals surface area contributed by atoms with E-state index in [0.717, 1.165) is 37.7 Å². The number of aromatic nitrogens is 1. The maximum absolute atomic E-state index is 6.45. The minimum atomic E-state index is -1.02. The molecule has 5 N–H and O–H groups in total. The summed E-state index contributed by atoms with van der Waals surface area (Å²) >= 11 is 0. The largest absolute Gasteiger partial charge is 0.384 e. The van der Waals surface area contributed by atoms with E-state index >= 15 is 0 Å². The van der Waals surface area contributed by atoms with Crippen LogP contribution in [0.25, 0.3) is 0 Å². The number of likely N-dealkylation sites (N-methyl/N-ethyl adjacent to an activating group) is 1. The topological polar surface area (TPSA) is 109 Å². The molecule has 24 heavy (non-hydrogen) atoms. The minimum absolute atomic E-state index is 0.310. The molecule has 1 aromatic heterocycles. The fourth-order valence-corrected chi connectivity index (χ4v) is 2.94. The minimum Gasteiger partial charge on any atom is -0.384 e. The van der Waals surface area contributed by atoms with Crippen LogP contribution in [0.15, 0.2) is 27.5 Å². The molecule has 0 aromatic carbocycles. The zero-order chi connectivity index (χ0) is 17.3.